The molecule has 1 atom stereocenters. The van der Waals surface area contributed by atoms with Crippen LogP contribution >= 0.6 is 0 Å². The van der Waals surface area contributed by atoms with Crippen molar-refractivity contribution in [1.82, 2.24) is 24.6 Å². The smallest absolute Gasteiger partial charge is 0.151 e. The largest absolute Gasteiger partial charge is 0.329 e. The van der Waals surface area contributed by atoms with Crippen molar-refractivity contribution < 1.29 is 8.42 Å². The number of nitrogens with zero attached hydrogens (tertiary/aromatic N) is 4. The molecule has 1 saturated heterocycles. The topological polar surface area (TPSA) is 81.8 Å². The number of nitrogens with one attached hydrogen (secondary N) is 1. The van der Waals surface area contributed by atoms with E-state index in [1.54, 1.807) is 0 Å². The molecule has 4 rings (SSSR count). The zero-order valence-corrected chi connectivity index (χ0v) is 17.0. The van der Waals surface area contributed by atoms with Crippen LogP contribution in [0.3, 0.4) is 0 Å². The van der Waals surface area contributed by atoms with Gasteiger partial charge in [-0.15, -0.1) is 0 Å². The first kappa shape index (κ1) is 18.9. The molecule has 0 amide bonds. The van der Waals surface area contributed by atoms with Crippen molar-refractivity contribution in [2.45, 2.75) is 25.9 Å². The Kier molecular flexibility index (Phi) is 5.07. The lowest BCUT2D eigenvalue weighted by molar-refractivity contribution is 0.521. The van der Waals surface area contributed by atoms with E-state index in [4.69, 9.17) is 5.10 Å². The molecular weight excluding hydrogens is 374 g/mol. The van der Waals surface area contributed by atoms with E-state index in [0.717, 1.165) is 28.2 Å². The number of aromatic nitrogens is 4. The van der Waals surface area contributed by atoms with Crippen molar-refractivity contribution in [3.8, 4) is 22.5 Å². The third kappa shape index (κ3) is 3.74. The summed E-state index contributed by atoms with van der Waals surface area (Å²) in [5.74, 6) is 0.528. The molecule has 1 N–H and O–H groups in total. The molecular formula is C20H25N5O2S. The molecule has 0 bridgehead atoms. The van der Waals surface area contributed by atoms with Crippen LogP contribution in [0.5, 0.6) is 0 Å². The van der Waals surface area contributed by atoms with Gasteiger partial charge in [0.25, 0.3) is 0 Å². The highest BCUT2D eigenvalue weighted by atomic mass is 32.2. The maximum absolute atomic E-state index is 11.6. The summed E-state index contributed by atoms with van der Waals surface area (Å²) in [4.78, 5) is 4.36. The van der Waals surface area contributed by atoms with Gasteiger partial charge in [0.05, 0.1) is 29.7 Å². The Morgan fingerprint density at radius 2 is 2.04 bits per heavy atom. The molecule has 1 aliphatic heterocycles. The molecule has 0 radical (unpaired) electrons. The van der Waals surface area contributed by atoms with Gasteiger partial charge in [-0.05, 0) is 13.3 Å². The second-order valence-electron chi connectivity index (χ2n) is 7.33. The molecule has 1 fully saturated rings. The number of hydrogen-bond acceptors (Lipinski definition) is 5. The average molecular weight is 400 g/mol. The van der Waals surface area contributed by atoms with Crippen molar-refractivity contribution in [2.75, 3.05) is 18.1 Å². The quantitative estimate of drug-likeness (QED) is 0.686. The summed E-state index contributed by atoms with van der Waals surface area (Å²) >= 11 is 0. The van der Waals surface area contributed by atoms with E-state index >= 15 is 0 Å². The van der Waals surface area contributed by atoms with Crippen LogP contribution in [0.15, 0.2) is 42.9 Å². The summed E-state index contributed by atoms with van der Waals surface area (Å²) in [6.07, 6.45) is 4.39. The highest BCUT2D eigenvalue weighted by Crippen LogP contribution is 2.33. The van der Waals surface area contributed by atoms with Crippen molar-refractivity contribution >= 4 is 9.84 Å². The van der Waals surface area contributed by atoms with E-state index in [0.29, 0.717) is 19.5 Å². The normalized spacial score (nSPS) is 18.6. The van der Waals surface area contributed by atoms with E-state index in [9.17, 15) is 8.42 Å². The van der Waals surface area contributed by atoms with E-state index in [1.165, 1.54) is 0 Å². The van der Waals surface area contributed by atoms with Crippen LogP contribution in [-0.2, 0) is 23.4 Å². The number of imidazole rings is 1. The van der Waals surface area contributed by atoms with Crippen LogP contribution in [0.2, 0.25) is 0 Å². The van der Waals surface area contributed by atoms with Gasteiger partial charge in [-0.1, -0.05) is 30.3 Å². The molecule has 1 aromatic carbocycles. The maximum Gasteiger partial charge on any atom is 0.151 e. The van der Waals surface area contributed by atoms with Crippen LogP contribution in [0, 0.1) is 6.92 Å². The molecule has 1 aliphatic rings. The van der Waals surface area contributed by atoms with Gasteiger partial charge in [0.2, 0.25) is 0 Å². The summed E-state index contributed by atoms with van der Waals surface area (Å²) in [6, 6.07) is 10.2. The second-order valence-corrected chi connectivity index (χ2v) is 9.55. The number of aryl methyl sites for hydroxylation is 1. The molecule has 148 valence electrons. The Hall–Kier alpha value is -2.45. The van der Waals surface area contributed by atoms with E-state index in [1.807, 2.05) is 42.5 Å². The van der Waals surface area contributed by atoms with Crippen LogP contribution < -0.4 is 5.32 Å². The summed E-state index contributed by atoms with van der Waals surface area (Å²) < 4.78 is 27.2. The van der Waals surface area contributed by atoms with Crippen molar-refractivity contribution in [2.24, 2.45) is 7.05 Å². The predicted octanol–water partition coefficient (Wildman–Crippen LogP) is 2.04. The number of benzene rings is 1. The van der Waals surface area contributed by atoms with Gasteiger partial charge in [-0.3, -0.25) is 4.68 Å². The molecule has 2 aromatic heterocycles. The Morgan fingerprint density at radius 1 is 1.25 bits per heavy atom. The number of hydrogen-bond donors (Lipinski definition) is 1. The van der Waals surface area contributed by atoms with Gasteiger partial charge in [0, 0.05) is 43.0 Å². The Morgan fingerprint density at radius 3 is 2.75 bits per heavy atom. The Bertz CT molecular complexity index is 1070. The third-order valence-corrected chi connectivity index (χ3v) is 7.14. The third-order valence-electron chi connectivity index (χ3n) is 5.37. The fraction of sp³-hybridized carbons (Fsp3) is 0.400. The van der Waals surface area contributed by atoms with Crippen LogP contribution in [0.25, 0.3) is 22.5 Å². The molecule has 0 aliphatic carbocycles. The molecule has 0 unspecified atom stereocenters. The first-order chi connectivity index (χ1) is 13.4. The van der Waals surface area contributed by atoms with E-state index in [2.05, 4.69) is 33.9 Å². The SMILES string of the molecule is Cc1c(-c2cncn2CCN[C@H]2CCS(=O)(=O)C2)c(-c2ccccc2)nn1C. The van der Waals surface area contributed by atoms with Crippen molar-refractivity contribution in [1.29, 1.82) is 0 Å². The fourth-order valence-corrected chi connectivity index (χ4v) is 5.47. The monoisotopic (exact) mass is 399 g/mol. The van der Waals surface area contributed by atoms with Gasteiger partial charge in [0.15, 0.2) is 9.84 Å². The lowest BCUT2D eigenvalue weighted by Gasteiger charge is -2.13. The Labute approximate surface area is 165 Å². The lowest BCUT2D eigenvalue weighted by Crippen LogP contribution is -2.32. The lowest BCUT2D eigenvalue weighted by atomic mass is 10.0. The van der Waals surface area contributed by atoms with Gasteiger partial charge in [-0.2, -0.15) is 5.10 Å². The molecule has 3 aromatic rings. The molecule has 28 heavy (non-hydrogen) atoms. The average Bonchev–Trinajstić information content (AvgIpc) is 3.35. The first-order valence-corrected chi connectivity index (χ1v) is 11.3. The van der Waals surface area contributed by atoms with Gasteiger partial charge >= 0.3 is 0 Å². The van der Waals surface area contributed by atoms with Crippen LogP contribution in [-0.4, -0.2) is 51.8 Å². The fourth-order valence-electron chi connectivity index (χ4n) is 3.77. The minimum Gasteiger partial charge on any atom is -0.329 e. The number of rotatable bonds is 6. The molecule has 0 spiro atoms. The Balaban J connectivity index is 1.56. The maximum atomic E-state index is 11.6. The minimum atomic E-state index is -2.86. The van der Waals surface area contributed by atoms with Crippen LogP contribution in [0.4, 0.5) is 0 Å². The summed E-state index contributed by atoms with van der Waals surface area (Å²) in [5, 5.41) is 8.10. The molecule has 3 heterocycles. The minimum absolute atomic E-state index is 0.0528. The van der Waals surface area contributed by atoms with Crippen molar-refractivity contribution in [3.63, 3.8) is 0 Å². The standard InChI is InChI=1S/C20H25N5O2S/c1-15-19(20(23-24(15)2)16-6-4-3-5-7-16)18-12-21-14-25(18)10-9-22-17-8-11-28(26,27)13-17/h3-7,12,14,17,22H,8-11,13H2,1-2H3/t17-/m0/s1. The molecule has 0 saturated carbocycles. The highest BCUT2D eigenvalue weighted by molar-refractivity contribution is 7.91. The summed E-state index contributed by atoms with van der Waals surface area (Å²) in [5.41, 5.74) is 5.19. The zero-order valence-electron chi connectivity index (χ0n) is 16.2. The van der Waals surface area contributed by atoms with Crippen molar-refractivity contribution in [3.05, 3.63) is 48.5 Å². The van der Waals surface area contributed by atoms with Gasteiger partial charge in [0.1, 0.15) is 5.69 Å². The second kappa shape index (κ2) is 7.52. The predicted molar refractivity (Wildman–Crippen MR) is 110 cm³/mol. The number of sulfone groups is 1. The zero-order chi connectivity index (χ0) is 19.7. The first-order valence-electron chi connectivity index (χ1n) is 9.48. The van der Waals surface area contributed by atoms with E-state index in [-0.39, 0.29) is 17.5 Å². The van der Waals surface area contributed by atoms with Gasteiger partial charge in [-0.25, -0.2) is 13.4 Å². The van der Waals surface area contributed by atoms with Crippen LogP contribution in [0.1, 0.15) is 12.1 Å². The summed E-state index contributed by atoms with van der Waals surface area (Å²) in [6.45, 7) is 3.48. The van der Waals surface area contributed by atoms with Gasteiger partial charge < -0.3 is 9.88 Å². The highest BCUT2D eigenvalue weighted by Gasteiger charge is 2.27. The van der Waals surface area contributed by atoms with E-state index < -0.39 is 9.84 Å². The molecule has 8 heteroatoms. The molecule has 7 nitrogen and oxygen atoms in total. The summed E-state index contributed by atoms with van der Waals surface area (Å²) in [7, 11) is -0.910.